The van der Waals surface area contributed by atoms with Crippen LogP contribution in [-0.2, 0) is 0 Å². The van der Waals surface area contributed by atoms with Gasteiger partial charge < -0.3 is 20.3 Å². The number of nitriles is 1. The number of H-pyrrole nitrogens is 1. The van der Waals surface area contributed by atoms with Crippen LogP contribution < -0.4 is 15.2 Å². The molecule has 168 valence electrons. The van der Waals surface area contributed by atoms with E-state index < -0.39 is 22.3 Å². The number of rotatable bonds is 5. The Morgan fingerprint density at radius 1 is 1.36 bits per heavy atom. The summed E-state index contributed by atoms with van der Waals surface area (Å²) in [5.74, 6) is -1.75. The molecule has 0 spiro atoms. The average molecular weight is 488 g/mol. The first-order chi connectivity index (χ1) is 15.8. The third kappa shape index (κ3) is 3.77. The molecule has 0 saturated carbocycles. The van der Waals surface area contributed by atoms with Crippen LogP contribution in [0.25, 0.3) is 11.3 Å². The number of phenols is 1. The first-order valence-electron chi connectivity index (χ1n) is 9.52. The van der Waals surface area contributed by atoms with Gasteiger partial charge in [0.1, 0.15) is 11.6 Å². The van der Waals surface area contributed by atoms with Crippen LogP contribution in [0, 0.1) is 21.4 Å². The number of phenolic OH excluding ortho intramolecular Hbond substituents is 1. The van der Waals surface area contributed by atoms with Gasteiger partial charge >= 0.3 is 5.69 Å². The van der Waals surface area contributed by atoms with Gasteiger partial charge in [-0.25, -0.2) is 0 Å². The highest BCUT2D eigenvalue weighted by atomic mass is 35.5. The molecule has 0 fully saturated rings. The van der Waals surface area contributed by atoms with Gasteiger partial charge in [-0.05, 0) is 30.7 Å². The summed E-state index contributed by atoms with van der Waals surface area (Å²) in [4.78, 5) is 10.9. The lowest BCUT2D eigenvalue weighted by Gasteiger charge is -2.24. The summed E-state index contributed by atoms with van der Waals surface area (Å²) in [5, 5.41) is 39.4. The van der Waals surface area contributed by atoms with E-state index >= 15 is 0 Å². The quantitative estimate of drug-likeness (QED) is 0.347. The number of nitro groups is 1. The van der Waals surface area contributed by atoms with Crippen molar-refractivity contribution in [2.24, 2.45) is 5.73 Å². The summed E-state index contributed by atoms with van der Waals surface area (Å²) in [5.41, 5.74) is 7.11. The van der Waals surface area contributed by atoms with Gasteiger partial charge in [0.15, 0.2) is 5.75 Å². The van der Waals surface area contributed by atoms with Crippen molar-refractivity contribution in [1.82, 2.24) is 10.2 Å². The highest BCUT2D eigenvalue weighted by molar-refractivity contribution is 6.42. The third-order valence-corrected chi connectivity index (χ3v) is 5.79. The lowest BCUT2D eigenvalue weighted by Crippen LogP contribution is -2.21. The number of nitrogens with one attached hydrogen (secondary N) is 1. The van der Waals surface area contributed by atoms with E-state index in [1.54, 1.807) is 25.1 Å². The second kappa shape index (κ2) is 8.54. The van der Waals surface area contributed by atoms with Crippen LogP contribution in [0.3, 0.4) is 0 Å². The second-order valence-electron chi connectivity index (χ2n) is 6.95. The summed E-state index contributed by atoms with van der Waals surface area (Å²) in [6.45, 7) is 1.82. The zero-order valence-electron chi connectivity index (χ0n) is 16.9. The van der Waals surface area contributed by atoms with Crippen LogP contribution in [0.1, 0.15) is 24.0 Å². The van der Waals surface area contributed by atoms with Crippen LogP contribution >= 0.6 is 23.2 Å². The number of nitrogens with two attached hydrogens (primary N) is 1. The van der Waals surface area contributed by atoms with Gasteiger partial charge in [0.05, 0.1) is 38.8 Å². The number of aromatic amines is 1. The van der Waals surface area contributed by atoms with E-state index in [0.717, 1.165) is 6.07 Å². The minimum Gasteiger partial charge on any atom is -0.500 e. The standard InChI is InChI=1S/C21H15Cl2N5O5/c1-2-32-15-7-10(6-14(19(15)29)28(30)31)16-11(8-24)20(25)33-21-17(16)18(26-27-21)9-3-4-12(22)13(23)5-9/h3-7,16,29H,2,25H2,1H3,(H,26,27)/t16-/m1/s1. The molecular formula is C21H15Cl2N5O5. The van der Waals surface area contributed by atoms with Gasteiger partial charge in [-0.15, -0.1) is 5.10 Å². The van der Waals surface area contributed by atoms with E-state index in [-0.39, 0.29) is 35.3 Å². The summed E-state index contributed by atoms with van der Waals surface area (Å²) in [6, 6.07) is 9.49. The molecule has 33 heavy (non-hydrogen) atoms. The molecule has 1 atom stereocenters. The monoisotopic (exact) mass is 487 g/mol. The molecule has 10 nitrogen and oxygen atoms in total. The minimum atomic E-state index is -0.916. The highest BCUT2D eigenvalue weighted by Crippen LogP contribution is 2.49. The predicted molar refractivity (Wildman–Crippen MR) is 119 cm³/mol. The topological polar surface area (TPSA) is 160 Å². The maximum atomic E-state index is 11.6. The SMILES string of the molecule is CCOc1cc([C@@H]2C(C#N)=C(N)Oc3n[nH]c(-c4ccc(Cl)c(Cl)c4)c32)cc([N+](=O)[O-])c1O. The van der Waals surface area contributed by atoms with Crippen molar-refractivity contribution in [3.05, 3.63) is 73.1 Å². The van der Waals surface area contributed by atoms with Gasteiger partial charge in [0, 0.05) is 11.6 Å². The fraction of sp³-hybridized carbons (Fsp3) is 0.143. The molecule has 1 aliphatic heterocycles. The van der Waals surface area contributed by atoms with Crippen LogP contribution in [-0.4, -0.2) is 26.8 Å². The number of ether oxygens (including phenoxy) is 2. The maximum Gasteiger partial charge on any atom is 0.314 e. The van der Waals surface area contributed by atoms with Crippen molar-refractivity contribution < 1.29 is 19.5 Å². The van der Waals surface area contributed by atoms with Gasteiger partial charge in [0.25, 0.3) is 0 Å². The summed E-state index contributed by atoms with van der Waals surface area (Å²) < 4.78 is 10.9. The Morgan fingerprint density at radius 2 is 2.12 bits per heavy atom. The van der Waals surface area contributed by atoms with E-state index in [4.69, 9.17) is 38.4 Å². The average Bonchev–Trinajstić information content (AvgIpc) is 3.19. The largest absolute Gasteiger partial charge is 0.500 e. The van der Waals surface area contributed by atoms with Gasteiger partial charge in [-0.1, -0.05) is 29.3 Å². The molecule has 2 aromatic carbocycles. The molecule has 0 saturated heterocycles. The Morgan fingerprint density at radius 3 is 2.76 bits per heavy atom. The van der Waals surface area contributed by atoms with Crippen LogP contribution in [0.4, 0.5) is 5.69 Å². The number of benzene rings is 2. The molecule has 2 heterocycles. The lowest BCUT2D eigenvalue weighted by molar-refractivity contribution is -0.386. The molecule has 0 aliphatic carbocycles. The fourth-order valence-corrected chi connectivity index (χ4v) is 3.93. The maximum absolute atomic E-state index is 11.6. The first kappa shape index (κ1) is 22.3. The fourth-order valence-electron chi connectivity index (χ4n) is 3.64. The van der Waals surface area contributed by atoms with Crippen LogP contribution in [0.5, 0.6) is 17.4 Å². The van der Waals surface area contributed by atoms with Crippen molar-refractivity contribution in [3.63, 3.8) is 0 Å². The van der Waals surface area contributed by atoms with Gasteiger partial charge in [-0.3, -0.25) is 15.2 Å². The number of aromatic hydroxyl groups is 1. The Kier molecular flexibility index (Phi) is 5.76. The number of fused-ring (bicyclic) bond motifs is 1. The molecule has 12 heteroatoms. The Hall–Kier alpha value is -3.94. The van der Waals surface area contributed by atoms with E-state index in [2.05, 4.69) is 10.2 Å². The minimum absolute atomic E-state index is 0.00708. The van der Waals surface area contributed by atoms with E-state index in [1.807, 2.05) is 6.07 Å². The predicted octanol–water partition coefficient (Wildman–Crippen LogP) is 4.61. The third-order valence-electron chi connectivity index (χ3n) is 5.05. The number of nitrogens with zero attached hydrogens (tertiary/aromatic N) is 3. The van der Waals surface area contributed by atoms with Crippen molar-refractivity contribution in [3.8, 4) is 34.7 Å². The summed E-state index contributed by atoms with van der Waals surface area (Å²) in [6.07, 6.45) is 0. The zero-order valence-corrected chi connectivity index (χ0v) is 18.4. The molecule has 0 radical (unpaired) electrons. The van der Waals surface area contributed by atoms with Crippen LogP contribution in [0.2, 0.25) is 10.0 Å². The number of hydrogen-bond acceptors (Lipinski definition) is 8. The van der Waals surface area contributed by atoms with E-state index in [0.29, 0.717) is 26.9 Å². The van der Waals surface area contributed by atoms with Crippen molar-refractivity contribution in [2.75, 3.05) is 6.61 Å². The Balaban J connectivity index is 2.00. The van der Waals surface area contributed by atoms with Gasteiger partial charge in [-0.2, -0.15) is 5.26 Å². The summed E-state index contributed by atoms with van der Waals surface area (Å²) >= 11 is 12.2. The van der Waals surface area contributed by atoms with Crippen molar-refractivity contribution in [1.29, 1.82) is 5.26 Å². The number of allylic oxidation sites excluding steroid dienone is 1. The van der Waals surface area contributed by atoms with Crippen molar-refractivity contribution >= 4 is 28.9 Å². The molecule has 4 N–H and O–H groups in total. The number of aromatic nitrogens is 2. The van der Waals surface area contributed by atoms with Crippen LogP contribution in [0.15, 0.2) is 41.8 Å². The second-order valence-corrected chi connectivity index (χ2v) is 7.76. The first-order valence-corrected chi connectivity index (χ1v) is 10.3. The molecule has 3 aromatic rings. The Bertz CT molecular complexity index is 1360. The normalized spacial score (nSPS) is 14.9. The van der Waals surface area contributed by atoms with Gasteiger partial charge in [0.2, 0.25) is 17.5 Å². The lowest BCUT2D eigenvalue weighted by atomic mass is 9.82. The molecule has 0 unspecified atom stereocenters. The summed E-state index contributed by atoms with van der Waals surface area (Å²) in [7, 11) is 0. The molecule has 0 amide bonds. The number of halogens is 2. The van der Waals surface area contributed by atoms with Crippen molar-refractivity contribution in [2.45, 2.75) is 12.8 Å². The molecule has 1 aliphatic rings. The molecular weight excluding hydrogens is 473 g/mol. The highest BCUT2D eigenvalue weighted by Gasteiger charge is 2.37. The zero-order chi connectivity index (χ0) is 23.9. The smallest absolute Gasteiger partial charge is 0.314 e. The van der Waals surface area contributed by atoms with E-state index in [1.165, 1.54) is 6.07 Å². The molecule has 4 rings (SSSR count). The number of nitro benzene ring substituents is 1. The number of hydrogen-bond donors (Lipinski definition) is 3. The molecule has 0 bridgehead atoms. The Labute approximate surface area is 196 Å². The molecule has 1 aromatic heterocycles. The van der Waals surface area contributed by atoms with E-state index in [9.17, 15) is 20.5 Å².